The largest absolute Gasteiger partial charge is 0.493 e. The van der Waals surface area contributed by atoms with Crippen LogP contribution in [0.25, 0.3) is 6.08 Å². The molecule has 1 heterocycles. The summed E-state index contributed by atoms with van der Waals surface area (Å²) in [6.07, 6.45) is 1.40. The van der Waals surface area contributed by atoms with Gasteiger partial charge in [0.1, 0.15) is 12.2 Å². The fourth-order valence-electron chi connectivity index (χ4n) is 3.61. The molecule has 1 aliphatic heterocycles. The van der Waals surface area contributed by atoms with Gasteiger partial charge in [-0.05, 0) is 73.0 Å². The van der Waals surface area contributed by atoms with Crippen molar-refractivity contribution >= 4 is 52.8 Å². The quantitative estimate of drug-likeness (QED) is 0.322. The maximum absolute atomic E-state index is 13.2. The molecule has 3 aromatic carbocycles. The van der Waals surface area contributed by atoms with Crippen molar-refractivity contribution in [3.8, 4) is 11.5 Å². The van der Waals surface area contributed by atoms with Gasteiger partial charge in [0, 0.05) is 15.6 Å². The van der Waals surface area contributed by atoms with Crippen LogP contribution in [0.1, 0.15) is 22.3 Å². The molecular weight excluding hydrogens is 503 g/mol. The Kier molecular flexibility index (Phi) is 7.33. The van der Waals surface area contributed by atoms with E-state index >= 15 is 0 Å². The third-order valence-corrected chi connectivity index (χ3v) is 6.33. The van der Waals surface area contributed by atoms with E-state index in [1.54, 1.807) is 48.5 Å². The molecule has 0 aliphatic carbocycles. The maximum atomic E-state index is 13.2. The molecule has 4 rings (SSSR count). The van der Waals surface area contributed by atoms with Gasteiger partial charge >= 0.3 is 6.03 Å². The number of barbiturate groups is 1. The first kappa shape index (κ1) is 25.3. The first-order valence-corrected chi connectivity index (χ1v) is 11.7. The molecule has 184 valence electrons. The zero-order valence-corrected chi connectivity index (χ0v) is 21.2. The summed E-state index contributed by atoms with van der Waals surface area (Å²) in [6.45, 7) is 3.99. The number of rotatable bonds is 6. The van der Waals surface area contributed by atoms with Crippen LogP contribution in [0.15, 0.2) is 60.2 Å². The lowest BCUT2D eigenvalue weighted by atomic mass is 10.0. The topological polar surface area (TPSA) is 84.9 Å². The average Bonchev–Trinajstić information content (AvgIpc) is 2.83. The number of ether oxygens (including phenoxy) is 2. The molecule has 0 unspecified atom stereocenters. The molecule has 0 atom stereocenters. The molecule has 4 amide bonds. The van der Waals surface area contributed by atoms with E-state index in [1.165, 1.54) is 13.2 Å². The summed E-state index contributed by atoms with van der Waals surface area (Å²) in [5.41, 5.74) is 3.38. The summed E-state index contributed by atoms with van der Waals surface area (Å²) in [5, 5.41) is 3.24. The number of urea groups is 1. The lowest BCUT2D eigenvalue weighted by molar-refractivity contribution is -0.122. The number of nitrogens with one attached hydrogen (secondary N) is 1. The summed E-state index contributed by atoms with van der Waals surface area (Å²) >= 11 is 12.2. The van der Waals surface area contributed by atoms with Crippen molar-refractivity contribution in [1.82, 2.24) is 5.32 Å². The number of aryl methyl sites for hydroxylation is 2. The van der Waals surface area contributed by atoms with Crippen molar-refractivity contribution in [1.29, 1.82) is 0 Å². The minimum atomic E-state index is -0.799. The van der Waals surface area contributed by atoms with Crippen molar-refractivity contribution in [2.75, 3.05) is 12.0 Å². The fourth-order valence-corrected chi connectivity index (χ4v) is 4.07. The number of imide groups is 2. The highest BCUT2D eigenvalue weighted by molar-refractivity contribution is 6.39. The van der Waals surface area contributed by atoms with Crippen LogP contribution in [0.2, 0.25) is 10.0 Å². The summed E-state index contributed by atoms with van der Waals surface area (Å²) < 4.78 is 11.3. The van der Waals surface area contributed by atoms with Gasteiger partial charge in [-0.25, -0.2) is 9.69 Å². The number of carbonyl (C=O) groups excluding carboxylic acids is 3. The Labute approximate surface area is 218 Å². The summed E-state index contributed by atoms with van der Waals surface area (Å²) in [4.78, 5) is 39.1. The zero-order valence-electron chi connectivity index (χ0n) is 19.7. The number of hydrogen-bond acceptors (Lipinski definition) is 5. The van der Waals surface area contributed by atoms with E-state index in [2.05, 4.69) is 5.32 Å². The third-order valence-electron chi connectivity index (χ3n) is 5.75. The molecule has 0 bridgehead atoms. The van der Waals surface area contributed by atoms with Gasteiger partial charge in [0.15, 0.2) is 11.5 Å². The van der Waals surface area contributed by atoms with Gasteiger partial charge in [-0.1, -0.05) is 41.4 Å². The predicted molar refractivity (Wildman–Crippen MR) is 139 cm³/mol. The summed E-state index contributed by atoms with van der Waals surface area (Å²) in [5.74, 6) is -0.664. The fraction of sp³-hybridized carbons (Fsp3) is 0.148. The molecular formula is C27H22Cl2N2O5. The molecule has 7 nitrogen and oxygen atoms in total. The molecule has 1 fully saturated rings. The second-order valence-electron chi connectivity index (χ2n) is 8.16. The molecule has 1 aliphatic rings. The van der Waals surface area contributed by atoms with Gasteiger partial charge in [0.25, 0.3) is 11.8 Å². The number of hydrogen-bond donors (Lipinski definition) is 1. The molecule has 0 aromatic heterocycles. The number of methoxy groups -OCH3 is 1. The van der Waals surface area contributed by atoms with E-state index < -0.39 is 17.8 Å². The second kappa shape index (κ2) is 10.4. The predicted octanol–water partition coefficient (Wildman–Crippen LogP) is 5.86. The molecule has 9 heteroatoms. The van der Waals surface area contributed by atoms with Crippen molar-refractivity contribution in [3.63, 3.8) is 0 Å². The molecule has 0 spiro atoms. The Bertz CT molecular complexity index is 1420. The van der Waals surface area contributed by atoms with E-state index in [0.717, 1.165) is 21.6 Å². The molecule has 3 aromatic rings. The molecule has 1 N–H and O–H groups in total. The number of anilines is 1. The van der Waals surface area contributed by atoms with Crippen molar-refractivity contribution in [2.45, 2.75) is 20.5 Å². The van der Waals surface area contributed by atoms with E-state index in [0.29, 0.717) is 32.8 Å². The molecule has 36 heavy (non-hydrogen) atoms. The number of amides is 4. The van der Waals surface area contributed by atoms with Crippen LogP contribution in [-0.2, 0) is 16.2 Å². The standard InChI is InChI=1S/C27H22Cl2N2O5/c1-15-4-8-20(10-16(15)2)31-26(33)21(25(32)30-27(31)34)11-17-5-9-23(24(12-17)35-3)36-14-18-6-7-19(28)13-22(18)29/h4-13H,14H2,1-3H3,(H,30,32,34)/b21-11+. The highest BCUT2D eigenvalue weighted by atomic mass is 35.5. The average molecular weight is 525 g/mol. The van der Waals surface area contributed by atoms with Gasteiger partial charge in [0.2, 0.25) is 0 Å². The van der Waals surface area contributed by atoms with Gasteiger partial charge in [-0.15, -0.1) is 0 Å². The first-order chi connectivity index (χ1) is 17.2. The minimum absolute atomic E-state index is 0.181. The zero-order chi connectivity index (χ0) is 26.0. The van der Waals surface area contributed by atoms with Crippen LogP contribution < -0.4 is 19.7 Å². The first-order valence-electron chi connectivity index (χ1n) is 10.9. The van der Waals surface area contributed by atoms with E-state index in [4.69, 9.17) is 32.7 Å². The van der Waals surface area contributed by atoms with Crippen LogP contribution in [0.3, 0.4) is 0 Å². The molecule has 1 saturated heterocycles. The van der Waals surface area contributed by atoms with Crippen molar-refractivity contribution in [2.24, 2.45) is 0 Å². The van der Waals surface area contributed by atoms with Crippen molar-refractivity contribution in [3.05, 3.63) is 92.5 Å². The molecule has 0 saturated carbocycles. The number of benzene rings is 3. The SMILES string of the molecule is COc1cc(/C=C2\C(=O)NC(=O)N(c3ccc(C)c(C)c3)C2=O)ccc1OCc1ccc(Cl)cc1Cl. The summed E-state index contributed by atoms with van der Waals surface area (Å²) in [6, 6.07) is 14.5. The van der Waals surface area contributed by atoms with Crippen molar-refractivity contribution < 1.29 is 23.9 Å². The van der Waals surface area contributed by atoms with Gasteiger partial charge in [-0.3, -0.25) is 14.9 Å². The van der Waals surface area contributed by atoms with Gasteiger partial charge in [0.05, 0.1) is 12.8 Å². The smallest absolute Gasteiger partial charge is 0.335 e. The number of halogens is 2. The van der Waals surface area contributed by atoms with E-state index in [-0.39, 0.29) is 12.2 Å². The van der Waals surface area contributed by atoms with E-state index in [9.17, 15) is 14.4 Å². The molecule has 0 radical (unpaired) electrons. The van der Waals surface area contributed by atoms with Crippen LogP contribution >= 0.6 is 23.2 Å². The van der Waals surface area contributed by atoms with Gasteiger partial charge < -0.3 is 9.47 Å². The van der Waals surface area contributed by atoms with Gasteiger partial charge in [-0.2, -0.15) is 0 Å². The Morgan fingerprint density at radius 1 is 0.917 bits per heavy atom. The second-order valence-corrected chi connectivity index (χ2v) is 9.00. The van der Waals surface area contributed by atoms with E-state index in [1.807, 2.05) is 19.9 Å². The maximum Gasteiger partial charge on any atom is 0.335 e. The number of carbonyl (C=O) groups is 3. The lowest BCUT2D eigenvalue weighted by Gasteiger charge is -2.26. The lowest BCUT2D eigenvalue weighted by Crippen LogP contribution is -2.54. The monoisotopic (exact) mass is 524 g/mol. The normalized spacial score (nSPS) is 14.8. The third kappa shape index (κ3) is 5.22. The van der Waals surface area contributed by atoms with Crippen LogP contribution in [0, 0.1) is 13.8 Å². The highest BCUT2D eigenvalue weighted by Gasteiger charge is 2.37. The van der Waals surface area contributed by atoms with Crippen LogP contribution in [0.5, 0.6) is 11.5 Å². The Morgan fingerprint density at radius 2 is 1.69 bits per heavy atom. The van der Waals surface area contributed by atoms with Crippen LogP contribution in [0.4, 0.5) is 10.5 Å². The Morgan fingerprint density at radius 3 is 2.39 bits per heavy atom. The highest BCUT2D eigenvalue weighted by Crippen LogP contribution is 2.32. The minimum Gasteiger partial charge on any atom is -0.493 e. The Hall–Kier alpha value is -3.81. The number of nitrogens with zero attached hydrogens (tertiary/aromatic N) is 1. The van der Waals surface area contributed by atoms with Crippen LogP contribution in [-0.4, -0.2) is 25.0 Å². The Balaban J connectivity index is 1.60. The summed E-state index contributed by atoms with van der Waals surface area (Å²) in [7, 11) is 1.48.